The molecule has 0 fully saturated rings. The molecule has 7 nitrogen and oxygen atoms in total. The highest BCUT2D eigenvalue weighted by atomic mass is 35.5. The number of benzene rings is 2. The number of ether oxygens (including phenoxy) is 1. The van der Waals surface area contributed by atoms with Crippen molar-refractivity contribution in [1.82, 2.24) is 9.78 Å². The van der Waals surface area contributed by atoms with E-state index in [2.05, 4.69) is 15.7 Å². The molecule has 2 aromatic carbocycles. The van der Waals surface area contributed by atoms with Crippen LogP contribution in [-0.4, -0.2) is 28.2 Å². The summed E-state index contributed by atoms with van der Waals surface area (Å²) in [6.45, 7) is 0.355. The van der Waals surface area contributed by atoms with E-state index in [0.29, 0.717) is 36.0 Å². The van der Waals surface area contributed by atoms with Crippen LogP contribution in [0.15, 0.2) is 54.7 Å². The highest BCUT2D eigenvalue weighted by Crippen LogP contribution is 2.26. The number of rotatable bonds is 6. The molecule has 0 bridgehead atoms. The summed E-state index contributed by atoms with van der Waals surface area (Å²) < 4.78 is 7.30. The van der Waals surface area contributed by atoms with Gasteiger partial charge < -0.3 is 15.4 Å². The standard InChI is InChI=1S/C21H19ClN4O3/c22-16-3-1-2-14(10-16)12-26-19(8-9-23-26)25-21(28)13-29-17-5-6-18-15(11-17)4-7-20(27)24-18/h1-3,5-6,8-11H,4,7,12-13H2,(H,24,27)(H,25,28). The van der Waals surface area contributed by atoms with Crippen LogP contribution in [0.4, 0.5) is 11.5 Å². The number of amides is 2. The topological polar surface area (TPSA) is 85.2 Å². The fourth-order valence-electron chi connectivity index (χ4n) is 3.15. The Morgan fingerprint density at radius 3 is 2.97 bits per heavy atom. The highest BCUT2D eigenvalue weighted by molar-refractivity contribution is 6.30. The summed E-state index contributed by atoms with van der Waals surface area (Å²) in [5.74, 6) is 0.887. The van der Waals surface area contributed by atoms with Crippen molar-refractivity contribution in [2.45, 2.75) is 19.4 Å². The number of halogens is 1. The Hall–Kier alpha value is -3.32. The van der Waals surface area contributed by atoms with Gasteiger partial charge in [-0.05, 0) is 47.9 Å². The first-order valence-electron chi connectivity index (χ1n) is 9.18. The van der Waals surface area contributed by atoms with Gasteiger partial charge in [0.1, 0.15) is 11.6 Å². The maximum Gasteiger partial charge on any atom is 0.263 e. The number of aryl methyl sites for hydroxylation is 1. The molecule has 0 saturated carbocycles. The third-order valence-electron chi connectivity index (χ3n) is 4.55. The van der Waals surface area contributed by atoms with E-state index >= 15 is 0 Å². The first kappa shape index (κ1) is 19.0. The molecule has 29 heavy (non-hydrogen) atoms. The molecule has 1 aromatic heterocycles. The van der Waals surface area contributed by atoms with Gasteiger partial charge >= 0.3 is 0 Å². The first-order chi connectivity index (χ1) is 14.1. The van der Waals surface area contributed by atoms with Crippen LogP contribution in [-0.2, 0) is 22.6 Å². The van der Waals surface area contributed by atoms with Crippen LogP contribution in [0.3, 0.4) is 0 Å². The number of hydrogen-bond donors (Lipinski definition) is 2. The van der Waals surface area contributed by atoms with Crippen molar-refractivity contribution < 1.29 is 14.3 Å². The van der Waals surface area contributed by atoms with Crippen molar-refractivity contribution in [2.75, 3.05) is 17.2 Å². The number of aromatic nitrogens is 2. The fourth-order valence-corrected chi connectivity index (χ4v) is 3.36. The second kappa shape index (κ2) is 8.36. The molecule has 8 heteroatoms. The van der Waals surface area contributed by atoms with Crippen LogP contribution >= 0.6 is 11.6 Å². The van der Waals surface area contributed by atoms with E-state index < -0.39 is 0 Å². The third kappa shape index (κ3) is 4.75. The number of nitrogens with zero attached hydrogens (tertiary/aromatic N) is 2. The van der Waals surface area contributed by atoms with Gasteiger partial charge in [0.15, 0.2) is 6.61 Å². The smallest absolute Gasteiger partial charge is 0.263 e. The zero-order chi connectivity index (χ0) is 20.2. The summed E-state index contributed by atoms with van der Waals surface area (Å²) in [5.41, 5.74) is 2.78. The quantitative estimate of drug-likeness (QED) is 0.651. The SMILES string of the molecule is O=C1CCc2cc(OCC(=O)Nc3ccnn3Cc3cccc(Cl)c3)ccc2N1. The lowest BCUT2D eigenvalue weighted by atomic mass is 10.0. The van der Waals surface area contributed by atoms with Gasteiger partial charge in [0, 0.05) is 23.2 Å². The molecule has 0 spiro atoms. The summed E-state index contributed by atoms with van der Waals surface area (Å²) in [7, 11) is 0. The van der Waals surface area contributed by atoms with Gasteiger partial charge in [-0.2, -0.15) is 5.10 Å². The molecule has 0 saturated heterocycles. The summed E-state index contributed by atoms with van der Waals surface area (Å²) in [6.07, 6.45) is 2.74. The molecule has 0 atom stereocenters. The van der Waals surface area contributed by atoms with Crippen molar-refractivity contribution in [1.29, 1.82) is 0 Å². The van der Waals surface area contributed by atoms with Crippen LogP contribution in [0.2, 0.25) is 5.02 Å². The molecule has 1 aliphatic rings. The second-order valence-corrected chi connectivity index (χ2v) is 7.14. The maximum atomic E-state index is 12.3. The van der Waals surface area contributed by atoms with Crippen molar-refractivity contribution >= 4 is 34.9 Å². The summed E-state index contributed by atoms with van der Waals surface area (Å²) in [5, 5.41) is 10.5. The van der Waals surface area contributed by atoms with E-state index in [9.17, 15) is 9.59 Å². The Labute approximate surface area is 172 Å². The van der Waals surface area contributed by atoms with Gasteiger partial charge in [-0.25, -0.2) is 4.68 Å². The highest BCUT2D eigenvalue weighted by Gasteiger charge is 2.15. The Morgan fingerprint density at radius 2 is 2.10 bits per heavy atom. The number of hydrogen-bond acceptors (Lipinski definition) is 4. The van der Waals surface area contributed by atoms with Crippen LogP contribution in [0.5, 0.6) is 5.75 Å². The molecule has 2 N–H and O–H groups in total. The van der Waals surface area contributed by atoms with Crippen molar-refractivity contribution in [2.24, 2.45) is 0 Å². The number of nitrogens with one attached hydrogen (secondary N) is 2. The molecule has 1 aliphatic heterocycles. The Balaban J connectivity index is 1.35. The van der Waals surface area contributed by atoms with Crippen molar-refractivity contribution in [3.63, 3.8) is 0 Å². The average Bonchev–Trinajstić information content (AvgIpc) is 3.13. The Kier molecular flexibility index (Phi) is 5.48. The minimum absolute atomic E-state index is 0.0138. The van der Waals surface area contributed by atoms with Gasteiger partial charge in [0.05, 0.1) is 12.7 Å². The van der Waals surface area contributed by atoms with Crippen molar-refractivity contribution in [3.05, 3.63) is 70.9 Å². The van der Waals surface area contributed by atoms with Crippen LogP contribution in [0.25, 0.3) is 0 Å². The van der Waals surface area contributed by atoms with E-state index in [1.54, 1.807) is 29.1 Å². The second-order valence-electron chi connectivity index (χ2n) is 6.71. The lowest BCUT2D eigenvalue weighted by molar-refractivity contribution is -0.118. The molecule has 0 unspecified atom stereocenters. The number of carbonyl (C=O) groups is 2. The van der Waals surface area contributed by atoms with Gasteiger partial charge in [0.2, 0.25) is 5.91 Å². The molecule has 148 valence electrons. The molecule has 2 amide bonds. The van der Waals surface area contributed by atoms with Gasteiger partial charge in [0.25, 0.3) is 5.91 Å². The minimum atomic E-state index is -0.288. The van der Waals surface area contributed by atoms with Crippen molar-refractivity contribution in [3.8, 4) is 5.75 Å². The zero-order valence-electron chi connectivity index (χ0n) is 15.5. The van der Waals surface area contributed by atoms with Gasteiger partial charge in [-0.15, -0.1) is 0 Å². The normalized spacial score (nSPS) is 12.8. The number of anilines is 2. The summed E-state index contributed by atoms with van der Waals surface area (Å²) >= 11 is 6.02. The van der Waals surface area contributed by atoms with Crippen LogP contribution < -0.4 is 15.4 Å². The first-order valence-corrected chi connectivity index (χ1v) is 9.56. The monoisotopic (exact) mass is 410 g/mol. The molecule has 4 rings (SSSR count). The fraction of sp³-hybridized carbons (Fsp3) is 0.190. The number of fused-ring (bicyclic) bond motifs is 1. The molecule has 3 aromatic rings. The van der Waals surface area contributed by atoms with Gasteiger partial charge in [-0.3, -0.25) is 9.59 Å². The molecule has 0 radical (unpaired) electrons. The van der Waals surface area contributed by atoms with E-state index in [0.717, 1.165) is 16.8 Å². The average molecular weight is 411 g/mol. The molecular weight excluding hydrogens is 392 g/mol. The predicted octanol–water partition coefficient (Wildman–Crippen LogP) is 3.49. The third-order valence-corrected chi connectivity index (χ3v) is 4.78. The van der Waals surface area contributed by atoms with Gasteiger partial charge in [-0.1, -0.05) is 23.7 Å². The number of carbonyl (C=O) groups excluding carboxylic acids is 2. The lowest BCUT2D eigenvalue weighted by Crippen LogP contribution is -2.22. The van der Waals surface area contributed by atoms with Crippen LogP contribution in [0.1, 0.15) is 17.5 Å². The Bertz CT molecular complexity index is 1060. The van der Waals surface area contributed by atoms with E-state index in [4.69, 9.17) is 16.3 Å². The Morgan fingerprint density at radius 1 is 1.21 bits per heavy atom. The van der Waals surface area contributed by atoms with E-state index in [-0.39, 0.29) is 18.4 Å². The molecular formula is C21H19ClN4O3. The predicted molar refractivity (Wildman–Crippen MR) is 110 cm³/mol. The van der Waals surface area contributed by atoms with E-state index in [1.807, 2.05) is 30.3 Å². The largest absolute Gasteiger partial charge is 0.484 e. The summed E-state index contributed by atoms with van der Waals surface area (Å²) in [6, 6.07) is 14.6. The minimum Gasteiger partial charge on any atom is -0.484 e. The van der Waals surface area contributed by atoms with Crippen LogP contribution in [0, 0.1) is 0 Å². The molecule has 2 heterocycles. The maximum absolute atomic E-state index is 12.3. The van der Waals surface area contributed by atoms with E-state index in [1.165, 1.54) is 0 Å². The zero-order valence-corrected chi connectivity index (χ0v) is 16.3. The molecule has 0 aliphatic carbocycles. The summed E-state index contributed by atoms with van der Waals surface area (Å²) in [4.78, 5) is 23.7. The lowest BCUT2D eigenvalue weighted by Gasteiger charge is -2.17.